The Hall–Kier alpha value is -0.590. The zero-order valence-electron chi connectivity index (χ0n) is 6.85. The Morgan fingerprint density at radius 3 is 2.40 bits per heavy atom. The molecule has 56 valence electrons. The van der Waals surface area contributed by atoms with Crippen LogP contribution in [0.2, 0.25) is 0 Å². The van der Waals surface area contributed by atoms with Gasteiger partial charge in [0.25, 0.3) is 0 Å². The number of rotatable bonds is 1. The summed E-state index contributed by atoms with van der Waals surface area (Å²) in [5.41, 5.74) is 1.03. The molecule has 1 nitrogen and oxygen atoms in total. The first-order valence-electron chi connectivity index (χ1n) is 3.86. The Kier molecular flexibility index (Phi) is 1.93. The predicted octanol–water partition coefficient (Wildman–Crippen LogP) is 2.18. The molecule has 0 radical (unpaired) electrons. The lowest BCUT2D eigenvalue weighted by molar-refractivity contribution is -0.115. The van der Waals surface area contributed by atoms with Crippen LogP contribution in [0, 0.1) is 11.8 Å². The third-order valence-corrected chi connectivity index (χ3v) is 1.92. The Bertz CT molecular complexity index is 177. The van der Waals surface area contributed by atoms with E-state index in [0.717, 1.165) is 12.0 Å². The molecular formula is C9H14O. The highest BCUT2D eigenvalue weighted by molar-refractivity contribution is 5.98. The van der Waals surface area contributed by atoms with Crippen LogP contribution in [0.15, 0.2) is 11.6 Å². The van der Waals surface area contributed by atoms with Gasteiger partial charge in [0.1, 0.15) is 0 Å². The second-order valence-electron chi connectivity index (χ2n) is 3.38. The minimum atomic E-state index is 0.350. The van der Waals surface area contributed by atoms with Gasteiger partial charge in [0.05, 0.1) is 0 Å². The van der Waals surface area contributed by atoms with Gasteiger partial charge >= 0.3 is 0 Å². The molecule has 0 aromatic carbocycles. The van der Waals surface area contributed by atoms with E-state index in [9.17, 15) is 4.79 Å². The summed E-state index contributed by atoms with van der Waals surface area (Å²) < 4.78 is 0. The van der Waals surface area contributed by atoms with Gasteiger partial charge in [-0.3, -0.25) is 4.79 Å². The van der Waals surface area contributed by atoms with Gasteiger partial charge in [-0.1, -0.05) is 26.8 Å². The highest BCUT2D eigenvalue weighted by atomic mass is 16.1. The Labute approximate surface area is 62.1 Å². The van der Waals surface area contributed by atoms with Crippen molar-refractivity contribution < 1.29 is 4.79 Å². The topological polar surface area (TPSA) is 17.1 Å². The average Bonchev–Trinajstić information content (AvgIpc) is 2.10. The summed E-state index contributed by atoms with van der Waals surface area (Å²) in [6, 6.07) is 0. The molecule has 0 saturated heterocycles. The summed E-state index contributed by atoms with van der Waals surface area (Å²) in [6.45, 7) is 6.23. The van der Waals surface area contributed by atoms with E-state index in [1.807, 2.05) is 0 Å². The Morgan fingerprint density at radius 1 is 1.60 bits per heavy atom. The van der Waals surface area contributed by atoms with Crippen LogP contribution >= 0.6 is 0 Å². The van der Waals surface area contributed by atoms with E-state index in [1.165, 1.54) is 0 Å². The molecule has 0 saturated carbocycles. The molecule has 0 fully saturated rings. The molecule has 0 N–H and O–H groups in total. The van der Waals surface area contributed by atoms with Crippen molar-refractivity contribution in [2.24, 2.45) is 11.8 Å². The van der Waals surface area contributed by atoms with E-state index >= 15 is 0 Å². The summed E-state index contributed by atoms with van der Waals surface area (Å²) in [7, 11) is 0. The second kappa shape index (κ2) is 2.57. The number of carbonyl (C=O) groups excluding carboxylic acids is 1. The Morgan fingerprint density at radius 2 is 2.20 bits per heavy atom. The first-order valence-corrected chi connectivity index (χ1v) is 3.86. The highest BCUT2D eigenvalue weighted by Gasteiger charge is 2.22. The van der Waals surface area contributed by atoms with Gasteiger partial charge in [-0.05, 0) is 17.4 Å². The standard InChI is InChI=1S/C9H14O/c1-6(2)8-4-7(3)5-9(8)10/h4,6-7H,5H2,1-3H3. The van der Waals surface area contributed by atoms with E-state index in [-0.39, 0.29) is 0 Å². The van der Waals surface area contributed by atoms with E-state index in [1.54, 1.807) is 0 Å². The van der Waals surface area contributed by atoms with Gasteiger partial charge in [0.15, 0.2) is 5.78 Å². The van der Waals surface area contributed by atoms with Crippen LogP contribution in [0.1, 0.15) is 27.2 Å². The fraction of sp³-hybridized carbons (Fsp3) is 0.667. The molecule has 1 aliphatic rings. The van der Waals surface area contributed by atoms with E-state index < -0.39 is 0 Å². The smallest absolute Gasteiger partial charge is 0.159 e. The van der Waals surface area contributed by atoms with Gasteiger partial charge in [-0.25, -0.2) is 0 Å². The quantitative estimate of drug-likeness (QED) is 0.542. The van der Waals surface area contributed by atoms with Gasteiger partial charge in [0, 0.05) is 6.42 Å². The lowest BCUT2D eigenvalue weighted by Crippen LogP contribution is -2.02. The minimum Gasteiger partial charge on any atom is -0.295 e. The first kappa shape index (κ1) is 7.52. The van der Waals surface area contributed by atoms with Crippen molar-refractivity contribution in [2.45, 2.75) is 27.2 Å². The largest absolute Gasteiger partial charge is 0.295 e. The number of hydrogen-bond acceptors (Lipinski definition) is 1. The van der Waals surface area contributed by atoms with E-state index in [4.69, 9.17) is 0 Å². The maximum atomic E-state index is 11.2. The third-order valence-electron chi connectivity index (χ3n) is 1.92. The molecule has 0 spiro atoms. The summed E-state index contributed by atoms with van der Waals surface area (Å²) >= 11 is 0. The van der Waals surface area contributed by atoms with Gasteiger partial charge < -0.3 is 0 Å². The molecule has 0 heterocycles. The lowest BCUT2D eigenvalue weighted by Gasteiger charge is -2.01. The van der Waals surface area contributed by atoms with E-state index in [0.29, 0.717) is 17.6 Å². The molecule has 1 heteroatoms. The summed E-state index contributed by atoms with van der Waals surface area (Å²) in [5.74, 6) is 1.24. The van der Waals surface area contributed by atoms with Crippen molar-refractivity contribution in [3.63, 3.8) is 0 Å². The number of hydrogen-bond donors (Lipinski definition) is 0. The van der Waals surface area contributed by atoms with Crippen LogP contribution in [0.5, 0.6) is 0 Å². The van der Waals surface area contributed by atoms with Crippen LogP contribution < -0.4 is 0 Å². The molecule has 1 rings (SSSR count). The van der Waals surface area contributed by atoms with Crippen molar-refractivity contribution in [1.29, 1.82) is 0 Å². The van der Waals surface area contributed by atoms with Gasteiger partial charge in [-0.15, -0.1) is 0 Å². The maximum Gasteiger partial charge on any atom is 0.159 e. The highest BCUT2D eigenvalue weighted by Crippen LogP contribution is 2.25. The molecule has 0 bridgehead atoms. The van der Waals surface area contributed by atoms with Crippen LogP contribution in [-0.4, -0.2) is 5.78 Å². The fourth-order valence-electron chi connectivity index (χ4n) is 1.38. The minimum absolute atomic E-state index is 0.350. The summed E-state index contributed by atoms with van der Waals surface area (Å²) in [4.78, 5) is 11.2. The molecule has 0 aliphatic heterocycles. The normalized spacial score (nSPS) is 25.8. The molecule has 10 heavy (non-hydrogen) atoms. The van der Waals surface area contributed by atoms with Crippen LogP contribution in [0.3, 0.4) is 0 Å². The van der Waals surface area contributed by atoms with E-state index in [2.05, 4.69) is 26.8 Å². The maximum absolute atomic E-state index is 11.2. The van der Waals surface area contributed by atoms with Crippen LogP contribution in [0.25, 0.3) is 0 Å². The monoisotopic (exact) mass is 138 g/mol. The molecule has 1 unspecified atom stereocenters. The Balaban J connectivity index is 2.75. The molecule has 0 amide bonds. The lowest BCUT2D eigenvalue weighted by atomic mass is 10.0. The van der Waals surface area contributed by atoms with Crippen molar-refractivity contribution in [2.75, 3.05) is 0 Å². The first-order chi connectivity index (χ1) is 4.61. The van der Waals surface area contributed by atoms with Crippen molar-refractivity contribution in [3.8, 4) is 0 Å². The molecule has 0 aromatic rings. The summed E-state index contributed by atoms with van der Waals surface area (Å²) in [5, 5.41) is 0. The van der Waals surface area contributed by atoms with Crippen molar-refractivity contribution in [1.82, 2.24) is 0 Å². The second-order valence-corrected chi connectivity index (χ2v) is 3.38. The zero-order valence-corrected chi connectivity index (χ0v) is 6.85. The van der Waals surface area contributed by atoms with Crippen molar-refractivity contribution in [3.05, 3.63) is 11.6 Å². The molecule has 0 aromatic heterocycles. The van der Waals surface area contributed by atoms with Gasteiger partial charge in [0.2, 0.25) is 0 Å². The fourth-order valence-corrected chi connectivity index (χ4v) is 1.38. The average molecular weight is 138 g/mol. The van der Waals surface area contributed by atoms with Crippen LogP contribution in [-0.2, 0) is 4.79 Å². The number of carbonyl (C=O) groups is 1. The molecule has 1 atom stereocenters. The SMILES string of the molecule is CC1C=C(C(C)C)C(=O)C1. The molecule has 1 aliphatic carbocycles. The number of allylic oxidation sites excluding steroid dienone is 2. The number of ketones is 1. The third kappa shape index (κ3) is 1.28. The van der Waals surface area contributed by atoms with Crippen LogP contribution in [0.4, 0.5) is 0 Å². The molecular weight excluding hydrogens is 124 g/mol. The zero-order chi connectivity index (χ0) is 7.72. The predicted molar refractivity (Wildman–Crippen MR) is 41.7 cm³/mol. The van der Waals surface area contributed by atoms with Gasteiger partial charge in [-0.2, -0.15) is 0 Å². The van der Waals surface area contributed by atoms with Crippen molar-refractivity contribution >= 4 is 5.78 Å². The summed E-state index contributed by atoms with van der Waals surface area (Å²) in [6.07, 6.45) is 2.83. The number of Topliss-reactive ketones (excluding diaryl/α,β-unsaturated/α-hetero) is 1.